The third kappa shape index (κ3) is 3.68. The van der Waals surface area contributed by atoms with Gasteiger partial charge in [-0.25, -0.2) is 0 Å². The summed E-state index contributed by atoms with van der Waals surface area (Å²) in [4.78, 5) is 23.7. The fourth-order valence-electron chi connectivity index (χ4n) is 2.22. The molecule has 8 nitrogen and oxygen atoms in total. The molecule has 0 fully saturated rings. The molecule has 0 aliphatic carbocycles. The van der Waals surface area contributed by atoms with Crippen LogP contribution in [-0.4, -0.2) is 27.3 Å². The molecule has 26 heavy (non-hydrogen) atoms. The topological polar surface area (TPSA) is 111 Å². The van der Waals surface area contributed by atoms with Crippen LogP contribution in [0.5, 0.6) is 0 Å². The molecular formula is C16H11ClN4O4S. The lowest BCUT2D eigenvalue weighted by Crippen LogP contribution is -2.14. The van der Waals surface area contributed by atoms with Crippen LogP contribution < -0.4 is 5.32 Å². The number of carbonyl (C=O) groups excluding carboxylic acids is 1. The number of nitrogens with one attached hydrogen (secondary N) is 1. The van der Waals surface area contributed by atoms with E-state index in [0.29, 0.717) is 0 Å². The highest BCUT2D eigenvalue weighted by atomic mass is 35.5. The quantitative estimate of drug-likeness (QED) is 0.393. The Morgan fingerprint density at radius 1 is 1.27 bits per heavy atom. The number of rotatable bonds is 5. The number of anilines is 1. The monoisotopic (exact) mass is 390 g/mol. The van der Waals surface area contributed by atoms with Crippen LogP contribution in [0.25, 0.3) is 11.5 Å². The van der Waals surface area contributed by atoms with E-state index in [0.717, 1.165) is 16.5 Å². The summed E-state index contributed by atoms with van der Waals surface area (Å²) < 4.78 is 5.46. The van der Waals surface area contributed by atoms with Crippen LogP contribution in [0, 0.1) is 10.1 Å². The van der Waals surface area contributed by atoms with Crippen molar-refractivity contribution in [3.63, 3.8) is 0 Å². The summed E-state index contributed by atoms with van der Waals surface area (Å²) in [5.74, 6) is -0.543. The summed E-state index contributed by atoms with van der Waals surface area (Å²) in [7, 11) is 0. The van der Waals surface area contributed by atoms with Crippen LogP contribution >= 0.6 is 23.4 Å². The second-order valence-electron chi connectivity index (χ2n) is 4.99. The van der Waals surface area contributed by atoms with Gasteiger partial charge in [-0.05, 0) is 30.5 Å². The predicted octanol–water partition coefficient (Wildman–Crippen LogP) is 4.27. The number of nitro groups is 1. The molecule has 3 aromatic rings. The minimum Gasteiger partial charge on any atom is -0.403 e. The number of benzene rings is 2. The van der Waals surface area contributed by atoms with Gasteiger partial charge in [0.1, 0.15) is 5.56 Å². The highest BCUT2D eigenvalue weighted by Crippen LogP contribution is 2.30. The van der Waals surface area contributed by atoms with Gasteiger partial charge in [-0.15, -0.1) is 16.9 Å². The lowest BCUT2D eigenvalue weighted by Gasteiger charge is -2.03. The van der Waals surface area contributed by atoms with E-state index in [1.54, 1.807) is 0 Å². The van der Waals surface area contributed by atoms with Gasteiger partial charge in [0, 0.05) is 16.0 Å². The first kappa shape index (κ1) is 17.9. The largest absolute Gasteiger partial charge is 0.403 e. The van der Waals surface area contributed by atoms with Crippen LogP contribution in [0.2, 0.25) is 5.02 Å². The zero-order valence-electron chi connectivity index (χ0n) is 13.3. The lowest BCUT2D eigenvalue weighted by atomic mass is 10.1. The SMILES string of the molecule is CSc1ccccc1-c1nnc(NC(=O)c2cc(Cl)ccc2[N+](=O)[O-])o1. The molecule has 1 heterocycles. The molecule has 0 bridgehead atoms. The molecule has 0 aliphatic heterocycles. The van der Waals surface area contributed by atoms with Crippen LogP contribution in [0.4, 0.5) is 11.7 Å². The Bertz CT molecular complexity index is 992. The van der Waals surface area contributed by atoms with Crippen molar-refractivity contribution in [3.8, 4) is 11.5 Å². The van der Waals surface area contributed by atoms with E-state index in [1.165, 1.54) is 23.9 Å². The third-order valence-electron chi connectivity index (χ3n) is 3.38. The van der Waals surface area contributed by atoms with E-state index in [4.69, 9.17) is 16.0 Å². The second kappa shape index (κ2) is 7.54. The summed E-state index contributed by atoms with van der Waals surface area (Å²) in [5, 5.41) is 21.3. The van der Waals surface area contributed by atoms with E-state index in [2.05, 4.69) is 15.5 Å². The number of hydrogen-bond donors (Lipinski definition) is 1. The zero-order valence-corrected chi connectivity index (χ0v) is 14.9. The first-order valence-corrected chi connectivity index (χ1v) is 8.82. The molecule has 2 aromatic carbocycles. The van der Waals surface area contributed by atoms with Gasteiger partial charge in [0.2, 0.25) is 0 Å². The van der Waals surface area contributed by atoms with Crippen molar-refractivity contribution < 1.29 is 14.1 Å². The standard InChI is InChI=1S/C16H11ClN4O4S/c1-26-13-5-3-2-4-10(13)15-19-20-16(25-15)18-14(22)11-8-9(17)6-7-12(11)21(23)24/h2-8H,1H3,(H,18,20,22). The van der Waals surface area contributed by atoms with Crippen molar-refractivity contribution in [2.75, 3.05) is 11.6 Å². The van der Waals surface area contributed by atoms with E-state index < -0.39 is 10.8 Å². The molecule has 0 unspecified atom stereocenters. The smallest absolute Gasteiger partial charge is 0.322 e. The number of carbonyl (C=O) groups is 1. The number of aromatic nitrogens is 2. The van der Waals surface area contributed by atoms with Gasteiger partial charge in [-0.3, -0.25) is 20.2 Å². The van der Waals surface area contributed by atoms with E-state index in [-0.39, 0.29) is 28.2 Å². The number of hydrogen-bond acceptors (Lipinski definition) is 7. The fourth-order valence-corrected chi connectivity index (χ4v) is 2.98. The van der Waals surface area contributed by atoms with Crippen LogP contribution in [0.15, 0.2) is 51.8 Å². The number of nitro benzene ring substituents is 1. The Kier molecular flexibility index (Phi) is 5.19. The summed E-state index contributed by atoms with van der Waals surface area (Å²) in [6, 6.07) is 10.9. The fraction of sp³-hybridized carbons (Fsp3) is 0.0625. The maximum Gasteiger partial charge on any atom is 0.322 e. The lowest BCUT2D eigenvalue weighted by molar-refractivity contribution is -0.385. The molecule has 132 valence electrons. The van der Waals surface area contributed by atoms with Gasteiger partial charge in [-0.1, -0.05) is 28.8 Å². The molecule has 0 radical (unpaired) electrons. The minimum atomic E-state index is -0.771. The number of thioether (sulfide) groups is 1. The summed E-state index contributed by atoms with van der Waals surface area (Å²) in [5.41, 5.74) is 0.146. The molecule has 0 saturated heterocycles. The van der Waals surface area contributed by atoms with Crippen molar-refractivity contribution >= 4 is 41.0 Å². The molecule has 0 aliphatic rings. The Balaban J connectivity index is 1.87. The van der Waals surface area contributed by atoms with Gasteiger partial charge in [0.25, 0.3) is 17.5 Å². The average molecular weight is 391 g/mol. The Hall–Kier alpha value is -2.91. The van der Waals surface area contributed by atoms with Crippen molar-refractivity contribution in [2.24, 2.45) is 0 Å². The molecule has 1 amide bonds. The van der Waals surface area contributed by atoms with Crippen molar-refractivity contribution in [3.05, 3.63) is 63.2 Å². The highest BCUT2D eigenvalue weighted by molar-refractivity contribution is 7.98. The van der Waals surface area contributed by atoms with Crippen molar-refractivity contribution in [2.45, 2.75) is 4.90 Å². The molecule has 0 atom stereocenters. The van der Waals surface area contributed by atoms with E-state index in [9.17, 15) is 14.9 Å². The van der Waals surface area contributed by atoms with Gasteiger partial charge in [0.15, 0.2) is 0 Å². The van der Waals surface area contributed by atoms with Gasteiger partial charge in [-0.2, -0.15) is 0 Å². The normalized spacial score (nSPS) is 10.5. The zero-order chi connectivity index (χ0) is 18.7. The van der Waals surface area contributed by atoms with E-state index in [1.807, 2.05) is 30.5 Å². The molecule has 0 spiro atoms. The molecule has 1 aromatic heterocycles. The Labute approximate surface area is 156 Å². The van der Waals surface area contributed by atoms with Crippen molar-refractivity contribution in [1.82, 2.24) is 10.2 Å². The molecular weight excluding hydrogens is 380 g/mol. The third-order valence-corrected chi connectivity index (χ3v) is 4.41. The number of amides is 1. The van der Waals surface area contributed by atoms with Gasteiger partial charge in [0.05, 0.1) is 10.5 Å². The maximum atomic E-state index is 12.4. The Morgan fingerprint density at radius 2 is 2.04 bits per heavy atom. The van der Waals surface area contributed by atoms with Crippen LogP contribution in [-0.2, 0) is 0 Å². The number of nitrogens with zero attached hydrogens (tertiary/aromatic N) is 3. The molecule has 10 heteroatoms. The summed E-state index contributed by atoms with van der Waals surface area (Å²) >= 11 is 7.34. The summed E-state index contributed by atoms with van der Waals surface area (Å²) in [6.07, 6.45) is 1.91. The first-order valence-electron chi connectivity index (χ1n) is 7.22. The highest BCUT2D eigenvalue weighted by Gasteiger charge is 2.22. The minimum absolute atomic E-state index is 0.171. The van der Waals surface area contributed by atoms with E-state index >= 15 is 0 Å². The second-order valence-corrected chi connectivity index (χ2v) is 6.27. The predicted molar refractivity (Wildman–Crippen MR) is 97.6 cm³/mol. The first-order chi connectivity index (χ1) is 12.5. The average Bonchev–Trinajstić information content (AvgIpc) is 3.09. The van der Waals surface area contributed by atoms with Crippen LogP contribution in [0.1, 0.15) is 10.4 Å². The van der Waals surface area contributed by atoms with Gasteiger partial charge >= 0.3 is 6.01 Å². The summed E-state index contributed by atoms with van der Waals surface area (Å²) in [6.45, 7) is 0. The van der Waals surface area contributed by atoms with Crippen molar-refractivity contribution in [1.29, 1.82) is 0 Å². The molecule has 3 rings (SSSR count). The molecule has 1 N–H and O–H groups in total. The van der Waals surface area contributed by atoms with Gasteiger partial charge < -0.3 is 4.42 Å². The number of halogens is 1. The molecule has 0 saturated carbocycles. The maximum absolute atomic E-state index is 12.4. The van der Waals surface area contributed by atoms with Crippen LogP contribution in [0.3, 0.4) is 0 Å². The Morgan fingerprint density at radius 3 is 2.77 bits per heavy atom.